The average molecular weight is 273 g/mol. The summed E-state index contributed by atoms with van der Waals surface area (Å²) in [4.78, 5) is 11.6. The van der Waals surface area contributed by atoms with Gasteiger partial charge in [-0.3, -0.25) is 14.6 Å². The van der Waals surface area contributed by atoms with Crippen LogP contribution in [0.4, 0.5) is 0 Å². The molecule has 2 rings (SSSR count). The molecule has 0 atom stereocenters. The van der Waals surface area contributed by atoms with Crippen molar-refractivity contribution in [2.75, 3.05) is 6.54 Å². The minimum Gasteiger partial charge on any atom is -0.353 e. The fourth-order valence-electron chi connectivity index (χ4n) is 1.88. The number of aromatic nitrogens is 4. The average Bonchev–Trinajstić information content (AvgIpc) is 3.01. The molecule has 2 heterocycles. The Morgan fingerprint density at radius 3 is 3.00 bits per heavy atom. The second-order valence-corrected chi connectivity index (χ2v) is 4.70. The van der Waals surface area contributed by atoms with Crippen LogP contribution in [-0.2, 0) is 18.3 Å². The second kappa shape index (κ2) is 6.70. The summed E-state index contributed by atoms with van der Waals surface area (Å²) in [6, 6.07) is 0. The van der Waals surface area contributed by atoms with Crippen molar-refractivity contribution in [3.63, 3.8) is 0 Å². The molecule has 6 nitrogen and oxygen atoms in total. The molecule has 0 bridgehead atoms. The highest BCUT2D eigenvalue weighted by Crippen LogP contribution is 2.05. The van der Waals surface area contributed by atoms with Gasteiger partial charge in [-0.25, -0.2) is 0 Å². The van der Waals surface area contributed by atoms with E-state index in [9.17, 15) is 4.79 Å². The molecule has 6 heteroatoms. The Bertz CT molecular complexity index is 596. The van der Waals surface area contributed by atoms with Gasteiger partial charge in [-0.05, 0) is 31.4 Å². The monoisotopic (exact) mass is 273 g/mol. The van der Waals surface area contributed by atoms with Crippen LogP contribution in [0.2, 0.25) is 0 Å². The quantitative estimate of drug-likeness (QED) is 0.613. The van der Waals surface area contributed by atoms with Crippen molar-refractivity contribution >= 4 is 12.0 Å². The molecule has 0 saturated carbocycles. The van der Waals surface area contributed by atoms with E-state index < -0.39 is 0 Å². The molecule has 2 aromatic rings. The highest BCUT2D eigenvalue weighted by atomic mass is 16.1. The van der Waals surface area contributed by atoms with Gasteiger partial charge in [0.25, 0.3) is 0 Å². The summed E-state index contributed by atoms with van der Waals surface area (Å²) in [5, 5.41) is 13.8. The number of amides is 1. The number of hydrogen-bond acceptors (Lipinski definition) is 3. The predicted molar refractivity (Wildman–Crippen MR) is 76.9 cm³/mol. The molecule has 0 aliphatic heterocycles. The van der Waals surface area contributed by atoms with E-state index in [1.54, 1.807) is 17.0 Å². The summed E-state index contributed by atoms with van der Waals surface area (Å²) in [5.41, 5.74) is 3.20. The number of rotatable bonds is 6. The molecule has 2 aromatic heterocycles. The lowest BCUT2D eigenvalue weighted by molar-refractivity contribution is -0.116. The van der Waals surface area contributed by atoms with Crippen LogP contribution in [0.5, 0.6) is 0 Å². The Balaban J connectivity index is 1.68. The van der Waals surface area contributed by atoms with Crippen LogP contribution < -0.4 is 5.32 Å². The topological polar surface area (TPSA) is 75.6 Å². The van der Waals surface area contributed by atoms with Gasteiger partial charge in [-0.1, -0.05) is 0 Å². The highest BCUT2D eigenvalue weighted by Gasteiger charge is 2.00. The standard InChI is InChI=1S/C14H19N5O/c1-11-13(9-16-18-11)4-3-7-15-14(20)6-5-12-8-17-19(2)10-12/h5-6,8-10H,3-4,7H2,1-2H3,(H,15,20)(H,16,18). The zero-order valence-corrected chi connectivity index (χ0v) is 11.8. The fourth-order valence-corrected chi connectivity index (χ4v) is 1.88. The lowest BCUT2D eigenvalue weighted by Gasteiger charge is -2.01. The smallest absolute Gasteiger partial charge is 0.244 e. The van der Waals surface area contributed by atoms with Crippen LogP contribution in [0, 0.1) is 6.92 Å². The summed E-state index contributed by atoms with van der Waals surface area (Å²) in [7, 11) is 1.84. The first-order valence-corrected chi connectivity index (χ1v) is 6.58. The van der Waals surface area contributed by atoms with Gasteiger partial charge in [-0.15, -0.1) is 0 Å². The Kier molecular flexibility index (Phi) is 4.70. The van der Waals surface area contributed by atoms with Crippen LogP contribution in [0.3, 0.4) is 0 Å². The maximum atomic E-state index is 11.6. The van der Waals surface area contributed by atoms with Gasteiger partial charge in [-0.2, -0.15) is 10.2 Å². The van der Waals surface area contributed by atoms with Crippen LogP contribution in [-0.4, -0.2) is 32.4 Å². The van der Waals surface area contributed by atoms with Crippen LogP contribution in [0.25, 0.3) is 6.08 Å². The summed E-state index contributed by atoms with van der Waals surface area (Å²) in [5.74, 6) is -0.0854. The number of carbonyl (C=O) groups is 1. The van der Waals surface area contributed by atoms with Gasteiger partial charge < -0.3 is 5.32 Å². The van der Waals surface area contributed by atoms with Gasteiger partial charge in [0.15, 0.2) is 0 Å². The van der Waals surface area contributed by atoms with Gasteiger partial charge >= 0.3 is 0 Å². The summed E-state index contributed by atoms with van der Waals surface area (Å²) >= 11 is 0. The molecule has 0 aromatic carbocycles. The molecule has 0 unspecified atom stereocenters. The predicted octanol–water partition coefficient (Wildman–Crippen LogP) is 1.21. The van der Waals surface area contributed by atoms with E-state index in [1.807, 2.05) is 26.4 Å². The normalized spacial score (nSPS) is 11.1. The lowest BCUT2D eigenvalue weighted by atomic mass is 10.1. The molecule has 1 amide bonds. The number of nitrogens with zero attached hydrogens (tertiary/aromatic N) is 3. The fraction of sp³-hybridized carbons (Fsp3) is 0.357. The Labute approximate surface area is 117 Å². The third-order valence-electron chi connectivity index (χ3n) is 3.01. The first-order valence-electron chi connectivity index (χ1n) is 6.58. The maximum absolute atomic E-state index is 11.6. The second-order valence-electron chi connectivity index (χ2n) is 4.70. The third kappa shape index (κ3) is 4.08. The van der Waals surface area contributed by atoms with Crippen molar-refractivity contribution < 1.29 is 4.79 Å². The van der Waals surface area contributed by atoms with E-state index in [-0.39, 0.29) is 5.91 Å². The van der Waals surface area contributed by atoms with Crippen molar-refractivity contribution in [3.05, 3.63) is 41.5 Å². The van der Waals surface area contributed by atoms with Gasteiger partial charge in [0.2, 0.25) is 5.91 Å². The van der Waals surface area contributed by atoms with Crippen molar-refractivity contribution in [1.29, 1.82) is 0 Å². The van der Waals surface area contributed by atoms with Crippen molar-refractivity contribution in [1.82, 2.24) is 25.3 Å². The molecule has 0 spiro atoms. The van der Waals surface area contributed by atoms with Crippen LogP contribution >= 0.6 is 0 Å². The number of carbonyl (C=O) groups excluding carboxylic acids is 1. The molecule has 0 radical (unpaired) electrons. The zero-order valence-electron chi connectivity index (χ0n) is 11.8. The third-order valence-corrected chi connectivity index (χ3v) is 3.01. The summed E-state index contributed by atoms with van der Waals surface area (Å²) in [6.07, 6.45) is 10.5. The van der Waals surface area contributed by atoms with E-state index in [0.29, 0.717) is 6.54 Å². The number of nitrogens with one attached hydrogen (secondary N) is 2. The Morgan fingerprint density at radius 2 is 2.35 bits per heavy atom. The summed E-state index contributed by atoms with van der Waals surface area (Å²) in [6.45, 7) is 2.65. The molecular weight excluding hydrogens is 254 g/mol. The van der Waals surface area contributed by atoms with Crippen molar-refractivity contribution in [3.8, 4) is 0 Å². The molecule has 0 fully saturated rings. The number of aromatic amines is 1. The van der Waals surface area contributed by atoms with Gasteiger partial charge in [0.1, 0.15) is 0 Å². The van der Waals surface area contributed by atoms with Gasteiger partial charge in [0, 0.05) is 37.1 Å². The van der Waals surface area contributed by atoms with E-state index in [1.165, 1.54) is 11.6 Å². The molecule has 2 N–H and O–H groups in total. The van der Waals surface area contributed by atoms with E-state index in [4.69, 9.17) is 0 Å². The number of hydrogen-bond donors (Lipinski definition) is 2. The molecule has 106 valence electrons. The van der Waals surface area contributed by atoms with Crippen LogP contribution in [0.1, 0.15) is 23.2 Å². The highest BCUT2D eigenvalue weighted by molar-refractivity contribution is 5.91. The number of aryl methyl sites for hydroxylation is 3. The van der Waals surface area contributed by atoms with E-state index in [0.717, 1.165) is 24.1 Å². The molecule has 0 saturated heterocycles. The van der Waals surface area contributed by atoms with Crippen molar-refractivity contribution in [2.24, 2.45) is 7.05 Å². The van der Waals surface area contributed by atoms with E-state index >= 15 is 0 Å². The molecule has 0 aliphatic carbocycles. The van der Waals surface area contributed by atoms with Crippen LogP contribution in [0.15, 0.2) is 24.7 Å². The largest absolute Gasteiger partial charge is 0.353 e. The summed E-state index contributed by atoms with van der Waals surface area (Å²) < 4.78 is 1.70. The minimum atomic E-state index is -0.0854. The minimum absolute atomic E-state index is 0.0854. The molecule has 20 heavy (non-hydrogen) atoms. The Morgan fingerprint density at radius 1 is 1.50 bits per heavy atom. The first kappa shape index (κ1) is 14.0. The van der Waals surface area contributed by atoms with Crippen molar-refractivity contribution in [2.45, 2.75) is 19.8 Å². The first-order chi connectivity index (χ1) is 9.65. The number of H-pyrrole nitrogens is 1. The van der Waals surface area contributed by atoms with Gasteiger partial charge in [0.05, 0.1) is 12.4 Å². The maximum Gasteiger partial charge on any atom is 0.244 e. The zero-order chi connectivity index (χ0) is 14.4. The van der Waals surface area contributed by atoms with E-state index in [2.05, 4.69) is 20.6 Å². The SMILES string of the molecule is Cc1[nH]ncc1CCCNC(=O)C=Cc1cnn(C)c1. The molecule has 0 aliphatic rings. The lowest BCUT2D eigenvalue weighted by Crippen LogP contribution is -2.22. The molecular formula is C14H19N5O. The Hall–Kier alpha value is -2.37.